The van der Waals surface area contributed by atoms with Crippen LogP contribution in [-0.2, 0) is 4.79 Å². The van der Waals surface area contributed by atoms with E-state index >= 15 is 0 Å². The Bertz CT molecular complexity index is 313. The van der Waals surface area contributed by atoms with E-state index in [1.165, 1.54) is 5.56 Å². The van der Waals surface area contributed by atoms with E-state index in [0.29, 0.717) is 18.1 Å². The van der Waals surface area contributed by atoms with Gasteiger partial charge in [0.15, 0.2) is 0 Å². The van der Waals surface area contributed by atoms with E-state index in [9.17, 15) is 4.79 Å². The van der Waals surface area contributed by atoms with E-state index in [-0.39, 0.29) is 5.92 Å². The van der Waals surface area contributed by atoms with E-state index in [2.05, 4.69) is 32.9 Å². The van der Waals surface area contributed by atoms with Gasteiger partial charge in [0.25, 0.3) is 0 Å². The molecular formula is C15H22O. The van der Waals surface area contributed by atoms with Gasteiger partial charge in [0.2, 0.25) is 0 Å². The van der Waals surface area contributed by atoms with Crippen LogP contribution >= 0.6 is 0 Å². The minimum atomic E-state index is 0.0983. The summed E-state index contributed by atoms with van der Waals surface area (Å²) in [6.45, 7) is 6.42. The van der Waals surface area contributed by atoms with Gasteiger partial charge in [0.05, 0.1) is 0 Å². The Hall–Kier alpha value is -1.11. The molecule has 0 bridgehead atoms. The number of hydrogen-bond acceptors (Lipinski definition) is 1. The highest BCUT2D eigenvalue weighted by atomic mass is 16.1. The van der Waals surface area contributed by atoms with E-state index in [4.69, 9.17) is 0 Å². The van der Waals surface area contributed by atoms with Gasteiger partial charge < -0.3 is 0 Å². The lowest BCUT2D eigenvalue weighted by molar-refractivity contribution is -0.120. The third kappa shape index (κ3) is 3.80. The molecule has 1 nitrogen and oxygen atoms in total. The van der Waals surface area contributed by atoms with Crippen molar-refractivity contribution in [3.63, 3.8) is 0 Å². The standard InChI is InChI=1S/C15H22O/c1-4-8-15(16)14(11-12(2)3)13-9-6-5-7-10-13/h5-7,9-10,12,14H,4,8,11H2,1-3H3. The van der Waals surface area contributed by atoms with Crippen molar-refractivity contribution < 1.29 is 4.79 Å². The van der Waals surface area contributed by atoms with Gasteiger partial charge in [-0.25, -0.2) is 0 Å². The summed E-state index contributed by atoms with van der Waals surface area (Å²) in [5.41, 5.74) is 1.18. The van der Waals surface area contributed by atoms with Gasteiger partial charge in [0, 0.05) is 12.3 Å². The first-order chi connectivity index (χ1) is 7.65. The topological polar surface area (TPSA) is 17.1 Å². The molecule has 0 aromatic heterocycles. The molecular weight excluding hydrogens is 196 g/mol. The van der Waals surface area contributed by atoms with Crippen molar-refractivity contribution in [1.29, 1.82) is 0 Å². The Morgan fingerprint density at radius 3 is 2.31 bits per heavy atom. The summed E-state index contributed by atoms with van der Waals surface area (Å²) >= 11 is 0. The monoisotopic (exact) mass is 218 g/mol. The summed E-state index contributed by atoms with van der Waals surface area (Å²) in [5.74, 6) is 1.05. The molecule has 0 aliphatic rings. The molecule has 0 aliphatic carbocycles. The lowest BCUT2D eigenvalue weighted by Crippen LogP contribution is -2.14. The number of Topliss-reactive ketones (excluding diaryl/α,β-unsaturated/α-hetero) is 1. The number of benzene rings is 1. The zero-order valence-electron chi connectivity index (χ0n) is 10.6. The molecule has 1 aromatic carbocycles. The second-order valence-corrected chi connectivity index (χ2v) is 4.81. The largest absolute Gasteiger partial charge is 0.299 e. The van der Waals surface area contributed by atoms with Crippen molar-refractivity contribution in [2.75, 3.05) is 0 Å². The van der Waals surface area contributed by atoms with Crippen LogP contribution in [0.2, 0.25) is 0 Å². The molecule has 16 heavy (non-hydrogen) atoms. The van der Waals surface area contributed by atoms with Gasteiger partial charge in [-0.1, -0.05) is 51.1 Å². The average molecular weight is 218 g/mol. The Labute approximate surface area is 98.9 Å². The number of carbonyl (C=O) groups is 1. The Kier molecular flexibility index (Phi) is 5.24. The lowest BCUT2D eigenvalue weighted by Gasteiger charge is -2.18. The third-order valence-corrected chi connectivity index (χ3v) is 2.79. The summed E-state index contributed by atoms with van der Waals surface area (Å²) in [5, 5.41) is 0. The fourth-order valence-corrected chi connectivity index (χ4v) is 2.03. The quantitative estimate of drug-likeness (QED) is 0.700. The summed E-state index contributed by atoms with van der Waals surface area (Å²) in [7, 11) is 0. The van der Waals surface area contributed by atoms with E-state index in [1.807, 2.05) is 18.2 Å². The van der Waals surface area contributed by atoms with Crippen molar-refractivity contribution in [3.05, 3.63) is 35.9 Å². The Balaban J connectivity index is 2.83. The predicted molar refractivity (Wildman–Crippen MR) is 68.6 cm³/mol. The van der Waals surface area contributed by atoms with Gasteiger partial charge in [-0.05, 0) is 24.3 Å². The molecule has 0 amide bonds. The van der Waals surface area contributed by atoms with Crippen LogP contribution in [-0.4, -0.2) is 5.78 Å². The van der Waals surface area contributed by atoms with Crippen LogP contribution in [0.3, 0.4) is 0 Å². The zero-order chi connectivity index (χ0) is 12.0. The molecule has 88 valence electrons. The lowest BCUT2D eigenvalue weighted by atomic mass is 9.85. The maximum absolute atomic E-state index is 12.1. The molecule has 1 unspecified atom stereocenters. The second kappa shape index (κ2) is 6.47. The van der Waals surface area contributed by atoms with Gasteiger partial charge in [-0.3, -0.25) is 4.79 Å². The van der Waals surface area contributed by atoms with Crippen LogP contribution < -0.4 is 0 Å². The van der Waals surface area contributed by atoms with E-state index < -0.39 is 0 Å². The summed E-state index contributed by atoms with van der Waals surface area (Å²) in [4.78, 5) is 12.1. The van der Waals surface area contributed by atoms with Gasteiger partial charge >= 0.3 is 0 Å². The highest BCUT2D eigenvalue weighted by Crippen LogP contribution is 2.26. The molecule has 0 saturated carbocycles. The average Bonchev–Trinajstić information content (AvgIpc) is 2.27. The number of rotatable bonds is 6. The molecule has 1 rings (SSSR count). The fourth-order valence-electron chi connectivity index (χ4n) is 2.03. The first kappa shape index (κ1) is 13.0. The van der Waals surface area contributed by atoms with Crippen molar-refractivity contribution in [3.8, 4) is 0 Å². The van der Waals surface area contributed by atoms with Crippen LogP contribution in [0.25, 0.3) is 0 Å². The SMILES string of the molecule is CCCC(=O)C(CC(C)C)c1ccccc1. The highest BCUT2D eigenvalue weighted by molar-refractivity contribution is 5.85. The Morgan fingerprint density at radius 1 is 1.19 bits per heavy atom. The van der Waals surface area contributed by atoms with Crippen molar-refractivity contribution >= 4 is 5.78 Å². The molecule has 0 fully saturated rings. The molecule has 0 heterocycles. The highest BCUT2D eigenvalue weighted by Gasteiger charge is 2.20. The molecule has 0 aliphatic heterocycles. The molecule has 1 atom stereocenters. The van der Waals surface area contributed by atoms with Crippen LogP contribution in [0, 0.1) is 5.92 Å². The molecule has 0 spiro atoms. The summed E-state index contributed by atoms with van der Waals surface area (Å²) < 4.78 is 0. The zero-order valence-corrected chi connectivity index (χ0v) is 10.6. The van der Waals surface area contributed by atoms with Crippen LogP contribution in [0.4, 0.5) is 0 Å². The maximum Gasteiger partial charge on any atom is 0.140 e. The minimum Gasteiger partial charge on any atom is -0.299 e. The predicted octanol–water partition coefficient (Wildman–Crippen LogP) is 4.19. The minimum absolute atomic E-state index is 0.0983. The molecule has 0 N–H and O–H groups in total. The molecule has 0 saturated heterocycles. The van der Waals surface area contributed by atoms with Gasteiger partial charge in [-0.15, -0.1) is 0 Å². The van der Waals surface area contributed by atoms with E-state index in [0.717, 1.165) is 12.8 Å². The molecule has 1 aromatic rings. The summed E-state index contributed by atoms with van der Waals surface area (Å²) in [6.07, 6.45) is 2.61. The molecule has 0 radical (unpaired) electrons. The number of carbonyl (C=O) groups excluding carboxylic acids is 1. The van der Waals surface area contributed by atoms with E-state index in [1.54, 1.807) is 0 Å². The van der Waals surface area contributed by atoms with Crippen molar-refractivity contribution in [2.45, 2.75) is 46.0 Å². The van der Waals surface area contributed by atoms with Crippen LogP contribution in [0.1, 0.15) is 51.5 Å². The second-order valence-electron chi connectivity index (χ2n) is 4.81. The van der Waals surface area contributed by atoms with Crippen molar-refractivity contribution in [2.24, 2.45) is 5.92 Å². The maximum atomic E-state index is 12.1. The first-order valence-corrected chi connectivity index (χ1v) is 6.22. The fraction of sp³-hybridized carbons (Fsp3) is 0.533. The van der Waals surface area contributed by atoms with Crippen molar-refractivity contribution in [1.82, 2.24) is 0 Å². The number of ketones is 1. The third-order valence-electron chi connectivity index (χ3n) is 2.79. The van der Waals surface area contributed by atoms with Gasteiger partial charge in [0.1, 0.15) is 5.78 Å². The smallest absolute Gasteiger partial charge is 0.140 e. The first-order valence-electron chi connectivity index (χ1n) is 6.22. The van der Waals surface area contributed by atoms with Crippen LogP contribution in [0.15, 0.2) is 30.3 Å². The number of hydrogen-bond donors (Lipinski definition) is 0. The van der Waals surface area contributed by atoms with Crippen LogP contribution in [0.5, 0.6) is 0 Å². The van der Waals surface area contributed by atoms with Gasteiger partial charge in [-0.2, -0.15) is 0 Å². The molecule has 1 heteroatoms. The summed E-state index contributed by atoms with van der Waals surface area (Å²) in [6, 6.07) is 10.2. The normalized spacial score (nSPS) is 12.8. The Morgan fingerprint density at radius 2 is 1.81 bits per heavy atom.